The van der Waals surface area contributed by atoms with Gasteiger partial charge in [0.1, 0.15) is 6.61 Å². The van der Waals surface area contributed by atoms with E-state index < -0.39 is 12.8 Å². The van der Waals surface area contributed by atoms with Crippen LogP contribution in [-0.4, -0.2) is 31.8 Å². The van der Waals surface area contributed by atoms with Crippen LogP contribution in [0.15, 0.2) is 18.2 Å². The van der Waals surface area contributed by atoms with Crippen molar-refractivity contribution >= 4 is 5.91 Å². The molecule has 0 spiro atoms. The first kappa shape index (κ1) is 15.8. The van der Waals surface area contributed by atoms with Crippen molar-refractivity contribution in [2.75, 3.05) is 19.8 Å². The molecule has 1 aromatic carbocycles. The molecule has 0 fully saturated rings. The Morgan fingerprint density at radius 2 is 1.90 bits per heavy atom. The molecule has 6 heteroatoms. The van der Waals surface area contributed by atoms with Crippen LogP contribution in [0.25, 0.3) is 0 Å². The van der Waals surface area contributed by atoms with Crippen molar-refractivity contribution < 1.29 is 22.7 Å². The summed E-state index contributed by atoms with van der Waals surface area (Å²) < 4.78 is 40.0. The van der Waals surface area contributed by atoms with Crippen LogP contribution in [-0.2, 0) is 17.6 Å². The van der Waals surface area contributed by atoms with E-state index in [1.807, 2.05) is 12.1 Å². The van der Waals surface area contributed by atoms with Gasteiger partial charge in [-0.3, -0.25) is 4.79 Å². The highest BCUT2D eigenvalue weighted by molar-refractivity contribution is 5.94. The summed E-state index contributed by atoms with van der Waals surface area (Å²) in [5.74, 6) is -0.279. The summed E-state index contributed by atoms with van der Waals surface area (Å²) in [5, 5.41) is 2.56. The number of benzene rings is 1. The van der Waals surface area contributed by atoms with Crippen LogP contribution < -0.4 is 5.32 Å². The molecule has 0 saturated heterocycles. The summed E-state index contributed by atoms with van der Waals surface area (Å²) in [7, 11) is 0. The first-order valence-corrected chi connectivity index (χ1v) is 7.00. The number of ether oxygens (including phenoxy) is 1. The molecule has 0 atom stereocenters. The van der Waals surface area contributed by atoms with Gasteiger partial charge in [-0.2, -0.15) is 13.2 Å². The smallest absolute Gasteiger partial charge is 0.370 e. The minimum Gasteiger partial charge on any atom is -0.370 e. The number of carbonyl (C=O) groups is 1. The molecule has 1 N–H and O–H groups in total. The highest BCUT2D eigenvalue weighted by Crippen LogP contribution is 2.22. The van der Waals surface area contributed by atoms with Crippen LogP contribution in [0.3, 0.4) is 0 Å². The Hall–Kier alpha value is -1.56. The van der Waals surface area contributed by atoms with E-state index in [0.29, 0.717) is 5.56 Å². The van der Waals surface area contributed by atoms with Gasteiger partial charge in [0.05, 0.1) is 6.61 Å². The van der Waals surface area contributed by atoms with E-state index in [-0.39, 0.29) is 19.1 Å². The van der Waals surface area contributed by atoms with Crippen molar-refractivity contribution in [3.8, 4) is 0 Å². The molecular formula is C15H18F3NO2. The molecule has 116 valence electrons. The zero-order chi connectivity index (χ0) is 15.3. The standard InChI is InChI=1S/C15H18F3NO2/c16-15(17,18)10-21-8-7-19-14(20)13-6-5-11-3-1-2-4-12(11)9-13/h5-6,9H,1-4,7-8,10H2,(H,19,20). The monoisotopic (exact) mass is 301 g/mol. The average molecular weight is 301 g/mol. The summed E-state index contributed by atoms with van der Waals surface area (Å²) in [4.78, 5) is 11.9. The van der Waals surface area contributed by atoms with E-state index in [1.54, 1.807) is 6.07 Å². The van der Waals surface area contributed by atoms with Crippen molar-refractivity contribution in [1.82, 2.24) is 5.32 Å². The highest BCUT2D eigenvalue weighted by atomic mass is 19.4. The number of halogens is 3. The van der Waals surface area contributed by atoms with Gasteiger partial charge in [0, 0.05) is 12.1 Å². The predicted octanol–water partition coefficient (Wildman–Crippen LogP) is 2.87. The van der Waals surface area contributed by atoms with Crippen molar-refractivity contribution in [1.29, 1.82) is 0 Å². The third-order valence-electron chi connectivity index (χ3n) is 3.41. The van der Waals surface area contributed by atoms with Crippen molar-refractivity contribution in [3.63, 3.8) is 0 Å². The number of alkyl halides is 3. The third kappa shape index (κ3) is 5.04. The summed E-state index contributed by atoms with van der Waals surface area (Å²) in [6.07, 6.45) is -0.00535. The van der Waals surface area contributed by atoms with Crippen molar-refractivity contribution in [3.05, 3.63) is 34.9 Å². The second-order valence-corrected chi connectivity index (χ2v) is 5.11. The van der Waals surface area contributed by atoms with Gasteiger partial charge in [0.15, 0.2) is 0 Å². The lowest BCUT2D eigenvalue weighted by atomic mass is 9.90. The molecule has 0 unspecified atom stereocenters. The van der Waals surface area contributed by atoms with Crippen LogP contribution in [0.4, 0.5) is 13.2 Å². The molecule has 0 heterocycles. The molecule has 0 bridgehead atoms. The molecule has 2 rings (SSSR count). The Morgan fingerprint density at radius 3 is 2.62 bits per heavy atom. The predicted molar refractivity (Wildman–Crippen MR) is 72.3 cm³/mol. The molecule has 0 radical (unpaired) electrons. The van der Waals surface area contributed by atoms with Crippen LogP contribution >= 0.6 is 0 Å². The lowest BCUT2D eigenvalue weighted by molar-refractivity contribution is -0.173. The van der Waals surface area contributed by atoms with E-state index in [4.69, 9.17) is 0 Å². The third-order valence-corrected chi connectivity index (χ3v) is 3.41. The summed E-state index contributed by atoms with van der Waals surface area (Å²) in [6, 6.07) is 5.60. The number of nitrogens with one attached hydrogen (secondary N) is 1. The van der Waals surface area contributed by atoms with E-state index in [1.165, 1.54) is 17.5 Å². The fraction of sp³-hybridized carbons (Fsp3) is 0.533. The summed E-state index contributed by atoms with van der Waals surface area (Å²) in [6.45, 7) is -1.39. The Bertz CT molecular complexity index is 500. The second-order valence-electron chi connectivity index (χ2n) is 5.11. The largest absolute Gasteiger partial charge is 0.411 e. The number of aryl methyl sites for hydroxylation is 2. The number of hydrogen-bond donors (Lipinski definition) is 1. The Morgan fingerprint density at radius 1 is 1.19 bits per heavy atom. The van der Waals surface area contributed by atoms with E-state index in [2.05, 4.69) is 10.1 Å². The quantitative estimate of drug-likeness (QED) is 0.849. The van der Waals surface area contributed by atoms with E-state index in [0.717, 1.165) is 19.3 Å². The molecule has 1 aromatic rings. The Balaban J connectivity index is 1.78. The summed E-state index contributed by atoms with van der Waals surface area (Å²) >= 11 is 0. The second kappa shape index (κ2) is 6.93. The zero-order valence-electron chi connectivity index (χ0n) is 11.6. The average Bonchev–Trinajstić information content (AvgIpc) is 2.45. The van der Waals surface area contributed by atoms with Gasteiger partial charge in [-0.25, -0.2) is 0 Å². The molecule has 1 aliphatic carbocycles. The molecule has 3 nitrogen and oxygen atoms in total. The lowest BCUT2D eigenvalue weighted by Crippen LogP contribution is -2.29. The highest BCUT2D eigenvalue weighted by Gasteiger charge is 2.27. The number of hydrogen-bond acceptors (Lipinski definition) is 2. The zero-order valence-corrected chi connectivity index (χ0v) is 11.6. The van der Waals surface area contributed by atoms with Crippen LogP contribution in [0.1, 0.15) is 34.3 Å². The van der Waals surface area contributed by atoms with Crippen molar-refractivity contribution in [2.45, 2.75) is 31.9 Å². The van der Waals surface area contributed by atoms with Gasteiger partial charge in [-0.05, 0) is 48.9 Å². The van der Waals surface area contributed by atoms with Gasteiger partial charge in [0.2, 0.25) is 0 Å². The maximum Gasteiger partial charge on any atom is 0.411 e. The normalized spacial score (nSPS) is 14.6. The lowest BCUT2D eigenvalue weighted by Gasteiger charge is -2.16. The van der Waals surface area contributed by atoms with Crippen molar-refractivity contribution in [2.24, 2.45) is 0 Å². The number of rotatable bonds is 5. The maximum absolute atomic E-state index is 11.9. The topological polar surface area (TPSA) is 38.3 Å². The van der Waals surface area contributed by atoms with E-state index in [9.17, 15) is 18.0 Å². The summed E-state index contributed by atoms with van der Waals surface area (Å²) in [5.41, 5.74) is 3.03. The Labute approximate surface area is 121 Å². The van der Waals surface area contributed by atoms with Gasteiger partial charge in [-0.1, -0.05) is 6.07 Å². The molecule has 0 saturated carbocycles. The molecule has 0 aliphatic heterocycles. The first-order valence-electron chi connectivity index (χ1n) is 7.00. The minimum atomic E-state index is -4.33. The number of carbonyl (C=O) groups excluding carboxylic acids is 1. The maximum atomic E-state index is 11.9. The SMILES string of the molecule is O=C(NCCOCC(F)(F)F)c1ccc2c(c1)CCCC2. The van der Waals surface area contributed by atoms with Gasteiger partial charge in [0.25, 0.3) is 5.91 Å². The van der Waals surface area contributed by atoms with Gasteiger partial charge < -0.3 is 10.1 Å². The fourth-order valence-electron chi connectivity index (χ4n) is 2.40. The van der Waals surface area contributed by atoms with E-state index >= 15 is 0 Å². The molecule has 1 amide bonds. The fourth-order valence-corrected chi connectivity index (χ4v) is 2.40. The van der Waals surface area contributed by atoms with Crippen LogP contribution in [0.5, 0.6) is 0 Å². The minimum absolute atomic E-state index is 0.0615. The molecular weight excluding hydrogens is 283 g/mol. The van der Waals surface area contributed by atoms with Gasteiger partial charge >= 0.3 is 6.18 Å². The molecule has 0 aromatic heterocycles. The van der Waals surface area contributed by atoms with Crippen LogP contribution in [0, 0.1) is 0 Å². The number of fused-ring (bicyclic) bond motifs is 1. The molecule has 21 heavy (non-hydrogen) atoms. The number of amides is 1. The van der Waals surface area contributed by atoms with Crippen LogP contribution in [0.2, 0.25) is 0 Å². The first-order chi connectivity index (χ1) is 9.96. The van der Waals surface area contributed by atoms with Gasteiger partial charge in [-0.15, -0.1) is 0 Å². The molecule has 1 aliphatic rings. The Kier molecular flexibility index (Phi) is 5.22.